The van der Waals surface area contributed by atoms with Gasteiger partial charge >= 0.3 is 0 Å². The Morgan fingerprint density at radius 2 is 2.16 bits per heavy atom. The predicted octanol–water partition coefficient (Wildman–Crippen LogP) is 3.50. The van der Waals surface area contributed by atoms with Gasteiger partial charge in [0.15, 0.2) is 5.96 Å². The second-order valence-electron chi connectivity index (χ2n) is 6.26. The molecule has 0 bridgehead atoms. The first-order chi connectivity index (χ1) is 12.2. The van der Waals surface area contributed by atoms with Crippen LogP contribution in [0.15, 0.2) is 35.5 Å². The summed E-state index contributed by atoms with van der Waals surface area (Å²) in [7, 11) is 0. The minimum absolute atomic E-state index is 0.595. The van der Waals surface area contributed by atoms with Crippen LogP contribution in [0.5, 0.6) is 5.75 Å². The first kappa shape index (κ1) is 17.7. The van der Waals surface area contributed by atoms with E-state index < -0.39 is 0 Å². The van der Waals surface area contributed by atoms with Crippen molar-refractivity contribution < 1.29 is 4.74 Å². The third-order valence-corrected chi connectivity index (χ3v) is 4.91. The molecule has 0 saturated heterocycles. The van der Waals surface area contributed by atoms with Gasteiger partial charge in [-0.3, -0.25) is 0 Å². The summed E-state index contributed by atoms with van der Waals surface area (Å²) in [4.78, 5) is 10.2. The summed E-state index contributed by atoms with van der Waals surface area (Å²) in [6, 6.07) is 8.18. The number of aromatic nitrogens is 1. The van der Waals surface area contributed by atoms with Crippen LogP contribution in [0.2, 0.25) is 0 Å². The average Bonchev–Trinajstić information content (AvgIpc) is 3.36. The third kappa shape index (κ3) is 5.74. The number of hydrogen-bond acceptors (Lipinski definition) is 4. The maximum absolute atomic E-state index is 5.97. The normalized spacial score (nSPS) is 14.4. The van der Waals surface area contributed by atoms with E-state index in [2.05, 4.69) is 28.6 Å². The summed E-state index contributed by atoms with van der Waals surface area (Å²) in [5.74, 6) is 2.51. The number of ether oxygens (including phenoxy) is 1. The molecule has 5 nitrogen and oxygen atoms in total. The molecule has 1 aromatic carbocycles. The fourth-order valence-electron chi connectivity index (χ4n) is 2.43. The molecule has 134 valence electrons. The monoisotopic (exact) mass is 358 g/mol. The van der Waals surface area contributed by atoms with Crippen molar-refractivity contribution in [1.82, 2.24) is 15.6 Å². The van der Waals surface area contributed by atoms with Crippen molar-refractivity contribution in [2.75, 3.05) is 13.2 Å². The molecule has 25 heavy (non-hydrogen) atoms. The number of aliphatic imine (C=N–C) groups is 1. The van der Waals surface area contributed by atoms with E-state index in [1.54, 1.807) is 11.3 Å². The zero-order valence-corrected chi connectivity index (χ0v) is 15.7. The van der Waals surface area contributed by atoms with Gasteiger partial charge in [0, 0.05) is 23.2 Å². The second kappa shape index (κ2) is 8.85. The molecule has 1 heterocycles. The summed E-state index contributed by atoms with van der Waals surface area (Å²) in [5, 5.41) is 7.74. The van der Waals surface area contributed by atoms with Gasteiger partial charge in [0.1, 0.15) is 5.75 Å². The number of benzene rings is 1. The van der Waals surface area contributed by atoms with Gasteiger partial charge in [-0.25, -0.2) is 9.98 Å². The SMILES string of the molecule is CCNC(=NCc1ccccc1OCC1CC1)NCc1cnc(C)s1. The van der Waals surface area contributed by atoms with E-state index in [0.29, 0.717) is 6.54 Å². The Hall–Kier alpha value is -2.08. The first-order valence-electron chi connectivity index (χ1n) is 8.88. The second-order valence-corrected chi connectivity index (χ2v) is 7.58. The lowest BCUT2D eigenvalue weighted by molar-refractivity contribution is 0.297. The average molecular weight is 359 g/mol. The van der Waals surface area contributed by atoms with E-state index in [4.69, 9.17) is 9.73 Å². The Morgan fingerprint density at radius 1 is 1.32 bits per heavy atom. The zero-order chi connectivity index (χ0) is 17.5. The third-order valence-electron chi connectivity index (χ3n) is 4.00. The van der Waals surface area contributed by atoms with E-state index in [-0.39, 0.29) is 0 Å². The maximum atomic E-state index is 5.97. The molecule has 0 unspecified atom stereocenters. The molecule has 2 N–H and O–H groups in total. The maximum Gasteiger partial charge on any atom is 0.191 e. The van der Waals surface area contributed by atoms with Crippen LogP contribution in [0, 0.1) is 12.8 Å². The Balaban J connectivity index is 1.60. The van der Waals surface area contributed by atoms with Gasteiger partial charge < -0.3 is 15.4 Å². The van der Waals surface area contributed by atoms with E-state index in [1.807, 2.05) is 31.3 Å². The van der Waals surface area contributed by atoms with Crippen molar-refractivity contribution in [3.63, 3.8) is 0 Å². The molecule has 6 heteroatoms. The molecule has 1 saturated carbocycles. The van der Waals surface area contributed by atoms with Gasteiger partial charge in [0.25, 0.3) is 0 Å². The lowest BCUT2D eigenvalue weighted by atomic mass is 10.2. The molecule has 0 radical (unpaired) electrons. The Labute approximate surface area is 153 Å². The fourth-order valence-corrected chi connectivity index (χ4v) is 3.17. The van der Waals surface area contributed by atoms with Crippen molar-refractivity contribution in [2.24, 2.45) is 10.9 Å². The standard InChI is InChI=1S/C19H26N4OS/c1-3-20-19(23-12-17-11-21-14(2)25-17)22-10-16-6-4-5-7-18(16)24-13-15-8-9-15/h4-7,11,15H,3,8-10,12-13H2,1-2H3,(H2,20,22,23). The molecular weight excluding hydrogens is 332 g/mol. The summed E-state index contributed by atoms with van der Waals surface area (Å²) in [5.41, 5.74) is 1.12. The quantitative estimate of drug-likeness (QED) is 0.560. The molecule has 0 aliphatic heterocycles. The molecular formula is C19H26N4OS. The van der Waals surface area contributed by atoms with Crippen molar-refractivity contribution in [2.45, 2.75) is 39.8 Å². The van der Waals surface area contributed by atoms with Gasteiger partial charge in [-0.2, -0.15) is 0 Å². The topological polar surface area (TPSA) is 58.5 Å². The van der Waals surface area contributed by atoms with Crippen molar-refractivity contribution >= 4 is 17.3 Å². The number of guanidine groups is 1. The van der Waals surface area contributed by atoms with Gasteiger partial charge in [0.05, 0.1) is 24.7 Å². The highest BCUT2D eigenvalue weighted by atomic mass is 32.1. The molecule has 0 amide bonds. The Bertz CT molecular complexity index is 709. The summed E-state index contributed by atoms with van der Waals surface area (Å²) in [6.45, 7) is 7.07. The number of para-hydroxylation sites is 1. The van der Waals surface area contributed by atoms with Crippen LogP contribution in [0.4, 0.5) is 0 Å². The van der Waals surface area contributed by atoms with Crippen molar-refractivity contribution in [3.8, 4) is 5.75 Å². The minimum Gasteiger partial charge on any atom is -0.493 e. The summed E-state index contributed by atoms with van der Waals surface area (Å²) in [6.07, 6.45) is 4.51. The highest BCUT2D eigenvalue weighted by Crippen LogP contribution is 2.30. The Morgan fingerprint density at radius 3 is 2.88 bits per heavy atom. The Kier molecular flexibility index (Phi) is 6.28. The van der Waals surface area contributed by atoms with Gasteiger partial charge in [0.2, 0.25) is 0 Å². The van der Waals surface area contributed by atoms with E-state index in [9.17, 15) is 0 Å². The highest BCUT2D eigenvalue weighted by Gasteiger charge is 2.22. The van der Waals surface area contributed by atoms with Gasteiger partial charge in [-0.05, 0) is 38.7 Å². The number of nitrogens with zero attached hydrogens (tertiary/aromatic N) is 2. The molecule has 0 atom stereocenters. The predicted molar refractivity (Wildman–Crippen MR) is 103 cm³/mol. The van der Waals surface area contributed by atoms with Crippen LogP contribution < -0.4 is 15.4 Å². The number of thiazole rings is 1. The molecule has 2 aromatic rings. The largest absolute Gasteiger partial charge is 0.493 e. The molecule has 1 aliphatic carbocycles. The minimum atomic E-state index is 0.595. The number of aryl methyl sites for hydroxylation is 1. The van der Waals surface area contributed by atoms with E-state index in [1.165, 1.54) is 17.7 Å². The van der Waals surface area contributed by atoms with Crippen LogP contribution in [0.25, 0.3) is 0 Å². The molecule has 1 fully saturated rings. The number of nitrogens with one attached hydrogen (secondary N) is 2. The number of hydrogen-bond donors (Lipinski definition) is 2. The zero-order valence-electron chi connectivity index (χ0n) is 14.9. The lowest BCUT2D eigenvalue weighted by Crippen LogP contribution is -2.36. The number of rotatable bonds is 8. The van der Waals surface area contributed by atoms with Gasteiger partial charge in [-0.15, -0.1) is 11.3 Å². The van der Waals surface area contributed by atoms with Crippen LogP contribution in [-0.4, -0.2) is 24.1 Å². The molecule has 3 rings (SSSR count). The molecule has 1 aromatic heterocycles. The van der Waals surface area contributed by atoms with E-state index in [0.717, 1.165) is 47.9 Å². The smallest absolute Gasteiger partial charge is 0.191 e. The molecule has 0 spiro atoms. The van der Waals surface area contributed by atoms with Crippen molar-refractivity contribution in [1.29, 1.82) is 0 Å². The summed E-state index contributed by atoms with van der Waals surface area (Å²) >= 11 is 1.70. The van der Waals surface area contributed by atoms with Gasteiger partial charge in [-0.1, -0.05) is 18.2 Å². The molecule has 1 aliphatic rings. The van der Waals surface area contributed by atoms with Crippen LogP contribution >= 0.6 is 11.3 Å². The van der Waals surface area contributed by atoms with Crippen LogP contribution in [0.1, 0.15) is 35.2 Å². The van der Waals surface area contributed by atoms with E-state index >= 15 is 0 Å². The van der Waals surface area contributed by atoms with Crippen LogP contribution in [-0.2, 0) is 13.1 Å². The first-order valence-corrected chi connectivity index (χ1v) is 9.70. The van der Waals surface area contributed by atoms with Crippen molar-refractivity contribution in [3.05, 3.63) is 45.9 Å². The highest BCUT2D eigenvalue weighted by molar-refractivity contribution is 7.11. The lowest BCUT2D eigenvalue weighted by Gasteiger charge is -2.12. The summed E-state index contributed by atoms with van der Waals surface area (Å²) < 4.78 is 5.97. The fraction of sp³-hybridized carbons (Fsp3) is 0.474. The van der Waals surface area contributed by atoms with Crippen LogP contribution in [0.3, 0.4) is 0 Å².